The maximum atomic E-state index is 14.7. The Morgan fingerprint density at radius 1 is 1.05 bits per heavy atom. The van der Waals surface area contributed by atoms with Crippen LogP contribution in [0.5, 0.6) is 0 Å². The first-order chi connectivity index (χ1) is 18.8. The van der Waals surface area contributed by atoms with Gasteiger partial charge < -0.3 is 15.1 Å². The van der Waals surface area contributed by atoms with E-state index >= 15 is 0 Å². The second-order valence-electron chi connectivity index (χ2n) is 9.55. The van der Waals surface area contributed by atoms with Gasteiger partial charge in [0.1, 0.15) is 29.9 Å². The van der Waals surface area contributed by atoms with Gasteiger partial charge in [-0.1, -0.05) is 17.9 Å². The summed E-state index contributed by atoms with van der Waals surface area (Å²) >= 11 is 0. The molecule has 1 aliphatic rings. The molecule has 1 fully saturated rings. The molecule has 0 spiro atoms. The fourth-order valence-corrected chi connectivity index (χ4v) is 4.61. The highest BCUT2D eigenvalue weighted by Gasteiger charge is 2.34. The van der Waals surface area contributed by atoms with Crippen molar-refractivity contribution in [3.8, 4) is 11.8 Å². The summed E-state index contributed by atoms with van der Waals surface area (Å²) in [5.74, 6) is 4.26. The molecule has 0 bridgehead atoms. The molecule has 0 saturated carbocycles. The summed E-state index contributed by atoms with van der Waals surface area (Å²) in [6.07, 6.45) is 6.82. The van der Waals surface area contributed by atoms with Crippen molar-refractivity contribution in [1.82, 2.24) is 29.4 Å². The van der Waals surface area contributed by atoms with Gasteiger partial charge in [-0.2, -0.15) is 10.2 Å². The van der Waals surface area contributed by atoms with E-state index in [0.29, 0.717) is 36.2 Å². The van der Waals surface area contributed by atoms with Crippen LogP contribution in [-0.2, 0) is 18.7 Å². The number of hydrogen-bond acceptors (Lipinski definition) is 6. The maximum absolute atomic E-state index is 14.7. The van der Waals surface area contributed by atoms with Crippen LogP contribution in [0.15, 0.2) is 67.5 Å². The monoisotopic (exact) mass is 532 g/mol. The van der Waals surface area contributed by atoms with Gasteiger partial charge in [0.15, 0.2) is 0 Å². The first-order valence-electron chi connectivity index (χ1n) is 12.4. The number of aromatic nitrogens is 5. The third-order valence-electron chi connectivity index (χ3n) is 6.55. The van der Waals surface area contributed by atoms with Crippen LogP contribution < -0.4 is 0 Å². The van der Waals surface area contributed by atoms with Crippen molar-refractivity contribution < 1.29 is 23.8 Å². The predicted molar refractivity (Wildman–Crippen MR) is 136 cm³/mol. The van der Waals surface area contributed by atoms with Crippen LogP contribution >= 0.6 is 0 Å². The second kappa shape index (κ2) is 11.1. The molecule has 2 aromatic heterocycles. The normalized spacial score (nSPS) is 16.8. The fraction of sp³-hybridized carbons (Fsp3) is 0.286. The minimum absolute atomic E-state index is 0.101. The number of rotatable bonds is 6. The Bertz CT molecular complexity index is 1510. The van der Waals surface area contributed by atoms with Gasteiger partial charge in [0.2, 0.25) is 0 Å². The van der Waals surface area contributed by atoms with Crippen LogP contribution in [0, 0.1) is 23.5 Å². The number of β-amino-alcohol motifs (C(OH)–C–C–N with tert-alkyl or cyclic N) is 1. The highest BCUT2D eigenvalue weighted by Crippen LogP contribution is 2.28. The minimum atomic E-state index is -1.81. The van der Waals surface area contributed by atoms with E-state index in [9.17, 15) is 23.8 Å². The van der Waals surface area contributed by atoms with E-state index in [0.717, 1.165) is 18.6 Å². The van der Waals surface area contributed by atoms with Gasteiger partial charge in [-0.25, -0.2) is 18.4 Å². The molecule has 1 saturated heterocycles. The highest BCUT2D eigenvalue weighted by molar-refractivity contribution is 5.94. The molecule has 5 rings (SSSR count). The number of carbonyl (C=O) groups excluding carboxylic acids is 1. The average Bonchev–Trinajstić information content (AvgIpc) is 3.59. The van der Waals surface area contributed by atoms with E-state index in [1.54, 1.807) is 35.4 Å². The van der Waals surface area contributed by atoms with Gasteiger partial charge >= 0.3 is 0 Å². The molecule has 1 unspecified atom stereocenters. The van der Waals surface area contributed by atoms with Crippen LogP contribution in [-0.4, -0.2) is 64.8 Å². The van der Waals surface area contributed by atoms with E-state index < -0.39 is 23.3 Å². The Hall–Kier alpha value is -4.40. The number of aliphatic hydroxyl groups excluding tert-OH is 1. The molecule has 2 N–H and O–H groups in total. The standard InChI is InChI=1S/C28H26F2N6O3/c29-23-9-10-25(26(30)12-23)28(39,17-36-19-31-18-33-36)16-35-14-21(13-32-35)4-3-20-5-7-22(8-6-20)27(38)34-11-1-2-24(37)15-34/h5-10,12-14,18-19,24,37,39H,1-2,11,15-17H2/t24-,28?/m1/s1. The number of amides is 1. The molecule has 2 aromatic carbocycles. The summed E-state index contributed by atoms with van der Waals surface area (Å²) in [5.41, 5.74) is -0.137. The van der Waals surface area contributed by atoms with Gasteiger partial charge in [0.05, 0.1) is 31.0 Å². The summed E-state index contributed by atoms with van der Waals surface area (Å²) < 4.78 is 31.0. The zero-order valence-corrected chi connectivity index (χ0v) is 20.9. The van der Waals surface area contributed by atoms with Crippen LogP contribution in [0.25, 0.3) is 0 Å². The van der Waals surface area contributed by atoms with Gasteiger partial charge in [-0.05, 0) is 43.2 Å². The number of nitrogens with zero attached hydrogens (tertiary/aromatic N) is 6. The van der Waals surface area contributed by atoms with Crippen molar-refractivity contribution in [2.24, 2.45) is 0 Å². The van der Waals surface area contributed by atoms with E-state index in [-0.39, 0.29) is 24.6 Å². The van der Waals surface area contributed by atoms with Crippen LogP contribution in [0.2, 0.25) is 0 Å². The Kier molecular flexibility index (Phi) is 7.49. The lowest BCUT2D eigenvalue weighted by molar-refractivity contribution is -0.00847. The molecule has 39 heavy (non-hydrogen) atoms. The van der Waals surface area contributed by atoms with Crippen LogP contribution in [0.1, 0.15) is 39.9 Å². The first-order valence-corrected chi connectivity index (χ1v) is 12.4. The van der Waals surface area contributed by atoms with Gasteiger partial charge in [-0.3, -0.25) is 9.48 Å². The lowest BCUT2D eigenvalue weighted by atomic mass is 9.93. The third kappa shape index (κ3) is 6.19. The Morgan fingerprint density at radius 2 is 1.82 bits per heavy atom. The van der Waals surface area contributed by atoms with Gasteiger partial charge in [0.25, 0.3) is 5.91 Å². The SMILES string of the molecule is O=C(c1ccc(C#Cc2cnn(CC(O)(Cn3cncn3)c3ccc(F)cc3F)c2)cc1)N1CCC[C@@H](O)C1. The molecule has 1 amide bonds. The molecule has 1 aliphatic heterocycles. The number of piperidine rings is 1. The molecule has 0 radical (unpaired) electrons. The fourth-order valence-electron chi connectivity index (χ4n) is 4.61. The zero-order chi connectivity index (χ0) is 27.4. The lowest BCUT2D eigenvalue weighted by Crippen LogP contribution is -2.42. The van der Waals surface area contributed by atoms with Crippen molar-refractivity contribution in [3.63, 3.8) is 0 Å². The number of halogens is 2. The molecular weight excluding hydrogens is 506 g/mol. The predicted octanol–water partition coefficient (Wildman–Crippen LogP) is 2.34. The Morgan fingerprint density at radius 3 is 2.54 bits per heavy atom. The van der Waals surface area contributed by atoms with Crippen LogP contribution in [0.4, 0.5) is 8.78 Å². The topological polar surface area (TPSA) is 109 Å². The molecular formula is C28H26F2N6O3. The molecule has 3 heterocycles. The first kappa shape index (κ1) is 26.2. The summed E-state index contributed by atoms with van der Waals surface area (Å²) in [4.78, 5) is 18.2. The van der Waals surface area contributed by atoms with Crippen molar-refractivity contribution in [2.45, 2.75) is 37.6 Å². The van der Waals surface area contributed by atoms with E-state index in [2.05, 4.69) is 27.0 Å². The number of carbonyl (C=O) groups is 1. The van der Waals surface area contributed by atoms with E-state index in [1.807, 2.05) is 0 Å². The molecule has 11 heteroatoms. The van der Waals surface area contributed by atoms with Crippen LogP contribution in [0.3, 0.4) is 0 Å². The molecule has 200 valence electrons. The second-order valence-corrected chi connectivity index (χ2v) is 9.55. The van der Waals surface area contributed by atoms with Crippen molar-refractivity contribution in [1.29, 1.82) is 0 Å². The van der Waals surface area contributed by atoms with E-state index in [4.69, 9.17) is 0 Å². The summed E-state index contributed by atoms with van der Waals surface area (Å²) in [7, 11) is 0. The van der Waals surface area contributed by atoms with Crippen molar-refractivity contribution >= 4 is 5.91 Å². The van der Waals surface area contributed by atoms with Crippen molar-refractivity contribution in [3.05, 3.63) is 101 Å². The molecule has 2 atom stereocenters. The molecule has 0 aliphatic carbocycles. The third-order valence-corrected chi connectivity index (χ3v) is 6.55. The number of likely N-dealkylation sites (tertiary alicyclic amines) is 1. The summed E-state index contributed by atoms with van der Waals surface area (Å²) in [5, 5.41) is 29.6. The number of hydrogen-bond donors (Lipinski definition) is 2. The summed E-state index contributed by atoms with van der Waals surface area (Å²) in [6.45, 7) is 0.673. The zero-order valence-electron chi connectivity index (χ0n) is 20.9. The molecule has 9 nitrogen and oxygen atoms in total. The van der Waals surface area contributed by atoms with Gasteiger partial charge in [0, 0.05) is 42.0 Å². The minimum Gasteiger partial charge on any atom is -0.391 e. The number of benzene rings is 2. The average molecular weight is 533 g/mol. The molecule has 4 aromatic rings. The van der Waals surface area contributed by atoms with Gasteiger partial charge in [-0.15, -0.1) is 0 Å². The largest absolute Gasteiger partial charge is 0.391 e. The lowest BCUT2D eigenvalue weighted by Gasteiger charge is -2.30. The number of aliphatic hydroxyl groups is 2. The quantitative estimate of drug-likeness (QED) is 0.369. The summed E-state index contributed by atoms with van der Waals surface area (Å²) in [6, 6.07) is 9.92. The highest BCUT2D eigenvalue weighted by atomic mass is 19.1. The Balaban J connectivity index is 1.30. The van der Waals surface area contributed by atoms with Crippen molar-refractivity contribution in [2.75, 3.05) is 13.1 Å². The Labute approximate surface area is 223 Å². The van der Waals surface area contributed by atoms with E-state index in [1.165, 1.54) is 34.3 Å². The maximum Gasteiger partial charge on any atom is 0.253 e. The smallest absolute Gasteiger partial charge is 0.253 e.